The minimum atomic E-state index is 0.540. The lowest BCUT2D eigenvalue weighted by Gasteiger charge is -2.27. The average Bonchev–Trinajstić information content (AvgIpc) is 3.63. The standard InChI is InChI=1S/C26H38BrN9O4/c27-23-21-30-24(31-22-23)32-5-7-33-3-1-28-25(33)35-9-13-37-17-19-39-15-11-36(12-16-40-20-18-38-14-10-35)26-29-2-4-34(26)8-6-32/h1-4,21-22H,5-20H2. The topological polar surface area (TPSA) is 108 Å². The smallest absolute Gasteiger partial charge is 0.225 e. The molecule has 0 aromatic carbocycles. The summed E-state index contributed by atoms with van der Waals surface area (Å²) in [5.41, 5.74) is 0. The van der Waals surface area contributed by atoms with Gasteiger partial charge in [-0.3, -0.25) is 0 Å². The molecule has 0 atom stereocenters. The second-order valence-corrected chi connectivity index (χ2v) is 10.4. The fraction of sp³-hybridized carbons (Fsp3) is 0.615. The van der Waals surface area contributed by atoms with E-state index >= 15 is 0 Å². The summed E-state index contributed by atoms with van der Waals surface area (Å²) in [6, 6.07) is 0. The van der Waals surface area contributed by atoms with E-state index in [1.807, 2.05) is 24.8 Å². The third kappa shape index (κ3) is 8.13. The van der Waals surface area contributed by atoms with Gasteiger partial charge in [0.15, 0.2) is 0 Å². The van der Waals surface area contributed by atoms with Crippen molar-refractivity contribution >= 4 is 33.8 Å². The molecule has 6 heterocycles. The van der Waals surface area contributed by atoms with Gasteiger partial charge in [0.05, 0.1) is 57.3 Å². The number of nitrogens with zero attached hydrogens (tertiary/aromatic N) is 9. The van der Waals surface area contributed by atoms with E-state index < -0.39 is 0 Å². The van der Waals surface area contributed by atoms with Gasteiger partial charge in [0.2, 0.25) is 17.8 Å². The molecule has 2 bridgehead atoms. The molecule has 6 rings (SSSR count). The van der Waals surface area contributed by atoms with E-state index in [0.717, 1.165) is 29.5 Å². The number of ether oxygens (including phenoxy) is 4. The third-order valence-electron chi connectivity index (χ3n) is 6.83. The van der Waals surface area contributed by atoms with Crippen molar-refractivity contribution in [2.75, 3.05) is 107 Å². The fourth-order valence-corrected chi connectivity index (χ4v) is 4.93. The maximum atomic E-state index is 5.92. The highest BCUT2D eigenvalue weighted by atomic mass is 79.9. The van der Waals surface area contributed by atoms with Crippen LogP contribution in [0.25, 0.3) is 0 Å². The summed E-state index contributed by atoms with van der Waals surface area (Å²) in [6.07, 6.45) is 11.3. The van der Waals surface area contributed by atoms with Crippen molar-refractivity contribution in [3.63, 3.8) is 0 Å². The molecule has 218 valence electrons. The van der Waals surface area contributed by atoms with Crippen molar-refractivity contribution in [1.29, 1.82) is 0 Å². The summed E-state index contributed by atoms with van der Waals surface area (Å²) in [6.45, 7) is 10.1. The van der Waals surface area contributed by atoms with Gasteiger partial charge in [0.25, 0.3) is 0 Å². The van der Waals surface area contributed by atoms with Crippen molar-refractivity contribution < 1.29 is 18.9 Å². The van der Waals surface area contributed by atoms with Crippen LogP contribution in [0.1, 0.15) is 0 Å². The van der Waals surface area contributed by atoms with Crippen molar-refractivity contribution in [2.24, 2.45) is 0 Å². The lowest BCUT2D eigenvalue weighted by molar-refractivity contribution is 0.0432. The van der Waals surface area contributed by atoms with Crippen LogP contribution in [0.15, 0.2) is 41.7 Å². The molecule has 0 N–H and O–H groups in total. The highest BCUT2D eigenvalue weighted by Gasteiger charge is 2.18. The highest BCUT2D eigenvalue weighted by molar-refractivity contribution is 9.10. The van der Waals surface area contributed by atoms with Crippen LogP contribution in [0, 0.1) is 0 Å². The van der Waals surface area contributed by atoms with Crippen LogP contribution in [-0.2, 0) is 32.0 Å². The Bertz CT molecular complexity index is 1060. The number of aromatic nitrogens is 6. The van der Waals surface area contributed by atoms with Gasteiger partial charge in [-0.1, -0.05) is 0 Å². The number of hydrogen-bond donors (Lipinski definition) is 0. The normalized spacial score (nSPS) is 19.5. The molecule has 0 radical (unpaired) electrons. The monoisotopic (exact) mass is 619 g/mol. The summed E-state index contributed by atoms with van der Waals surface area (Å²) in [5.74, 6) is 2.46. The molecular weight excluding hydrogens is 582 g/mol. The van der Waals surface area contributed by atoms with Gasteiger partial charge in [-0.05, 0) is 15.9 Å². The lowest BCUT2D eigenvalue weighted by Crippen LogP contribution is -2.36. The van der Waals surface area contributed by atoms with E-state index in [1.54, 1.807) is 12.4 Å². The number of halogens is 1. The van der Waals surface area contributed by atoms with E-state index in [0.29, 0.717) is 98.1 Å². The summed E-state index contributed by atoms with van der Waals surface area (Å²) >= 11 is 3.46. The number of rotatable bonds is 1. The maximum absolute atomic E-state index is 5.92. The van der Waals surface area contributed by atoms with Crippen LogP contribution >= 0.6 is 15.9 Å². The molecule has 0 unspecified atom stereocenters. The Hall–Kier alpha value is -2.78. The molecule has 0 saturated carbocycles. The van der Waals surface area contributed by atoms with Crippen molar-refractivity contribution in [3.8, 4) is 0 Å². The minimum Gasteiger partial charge on any atom is -0.377 e. The summed E-state index contributed by atoms with van der Waals surface area (Å²) in [5, 5.41) is 0. The predicted octanol–water partition coefficient (Wildman–Crippen LogP) is 1.55. The van der Waals surface area contributed by atoms with Crippen LogP contribution in [-0.4, -0.2) is 121 Å². The number of hydrogen-bond acceptors (Lipinski definition) is 11. The Morgan fingerprint density at radius 1 is 0.500 bits per heavy atom. The second kappa shape index (κ2) is 15.3. The SMILES string of the molecule is Brc1cnc(N2CCn3ccnc3N3CCOCCOCCN(CCOCCOCC3)c3nccn3CC2)nc1. The van der Waals surface area contributed by atoms with Crippen molar-refractivity contribution in [1.82, 2.24) is 29.1 Å². The summed E-state index contributed by atoms with van der Waals surface area (Å²) in [7, 11) is 0. The molecular formula is C26H38BrN9O4. The van der Waals surface area contributed by atoms with E-state index in [1.165, 1.54) is 0 Å². The molecule has 1 fully saturated rings. The first kappa shape index (κ1) is 28.7. The molecule has 0 aliphatic carbocycles. The van der Waals surface area contributed by atoms with E-state index in [-0.39, 0.29) is 0 Å². The molecule has 40 heavy (non-hydrogen) atoms. The zero-order valence-electron chi connectivity index (χ0n) is 22.8. The quantitative estimate of drug-likeness (QED) is 0.396. The predicted molar refractivity (Wildman–Crippen MR) is 154 cm³/mol. The van der Waals surface area contributed by atoms with Crippen LogP contribution in [0.3, 0.4) is 0 Å². The first-order chi connectivity index (χ1) is 19.8. The lowest BCUT2D eigenvalue weighted by atomic mass is 10.4. The Kier molecular flexibility index (Phi) is 11.0. The molecule has 0 spiro atoms. The Morgan fingerprint density at radius 2 is 0.925 bits per heavy atom. The van der Waals surface area contributed by atoms with Gasteiger partial charge >= 0.3 is 0 Å². The van der Waals surface area contributed by atoms with Crippen LogP contribution in [0.5, 0.6) is 0 Å². The number of anilines is 3. The fourth-order valence-electron chi connectivity index (χ4n) is 4.72. The van der Waals surface area contributed by atoms with Gasteiger partial charge < -0.3 is 42.8 Å². The Labute approximate surface area is 243 Å². The second-order valence-electron chi connectivity index (χ2n) is 9.45. The molecule has 3 aliphatic rings. The van der Waals surface area contributed by atoms with Crippen molar-refractivity contribution in [2.45, 2.75) is 13.1 Å². The van der Waals surface area contributed by atoms with Gasteiger partial charge in [-0.25, -0.2) is 19.9 Å². The molecule has 3 aliphatic heterocycles. The zero-order chi connectivity index (χ0) is 27.4. The van der Waals surface area contributed by atoms with E-state index in [2.05, 4.69) is 49.7 Å². The largest absolute Gasteiger partial charge is 0.377 e. The Morgan fingerprint density at radius 3 is 1.35 bits per heavy atom. The van der Waals surface area contributed by atoms with E-state index in [9.17, 15) is 0 Å². The van der Waals surface area contributed by atoms with Gasteiger partial charge in [0, 0.05) is 89.5 Å². The average molecular weight is 621 g/mol. The molecule has 3 aromatic heterocycles. The molecule has 0 amide bonds. The maximum Gasteiger partial charge on any atom is 0.225 e. The van der Waals surface area contributed by atoms with Gasteiger partial charge in [-0.2, -0.15) is 0 Å². The van der Waals surface area contributed by atoms with Gasteiger partial charge in [0.1, 0.15) is 0 Å². The molecule has 3 aromatic rings. The highest BCUT2D eigenvalue weighted by Crippen LogP contribution is 2.17. The molecule has 13 nitrogen and oxygen atoms in total. The minimum absolute atomic E-state index is 0.540. The first-order valence-corrected chi connectivity index (χ1v) is 14.6. The molecule has 14 heteroatoms. The summed E-state index contributed by atoms with van der Waals surface area (Å²) < 4.78 is 28.9. The third-order valence-corrected chi connectivity index (χ3v) is 7.24. The van der Waals surface area contributed by atoms with E-state index in [4.69, 9.17) is 28.9 Å². The van der Waals surface area contributed by atoms with Crippen molar-refractivity contribution in [3.05, 3.63) is 41.7 Å². The number of imidazole rings is 2. The van der Waals surface area contributed by atoms with Crippen LogP contribution in [0.2, 0.25) is 0 Å². The zero-order valence-corrected chi connectivity index (χ0v) is 24.4. The Balaban J connectivity index is 1.45. The van der Waals surface area contributed by atoms with Crippen LogP contribution in [0.4, 0.5) is 17.8 Å². The van der Waals surface area contributed by atoms with Gasteiger partial charge in [-0.15, -0.1) is 0 Å². The van der Waals surface area contributed by atoms with Crippen LogP contribution < -0.4 is 14.7 Å². The molecule has 1 saturated heterocycles. The first-order valence-electron chi connectivity index (χ1n) is 13.8. The summed E-state index contributed by atoms with van der Waals surface area (Å²) in [4.78, 5) is 25.2. The number of fused-ring (bicyclic) bond motifs is 18.